The number of halogens is 2. The summed E-state index contributed by atoms with van der Waals surface area (Å²) in [6.45, 7) is 3.83. The Kier molecular flexibility index (Phi) is 7.02. The summed E-state index contributed by atoms with van der Waals surface area (Å²) in [5, 5.41) is 2.81. The molecular formula is C19H28F2N2O2. The Balaban J connectivity index is 2.19. The molecule has 2 rings (SSSR count). The third kappa shape index (κ3) is 5.58. The first-order valence-corrected chi connectivity index (χ1v) is 9.00. The van der Waals surface area contributed by atoms with Gasteiger partial charge in [0.1, 0.15) is 5.75 Å². The molecule has 2 amide bonds. The van der Waals surface area contributed by atoms with Crippen LogP contribution in [0.4, 0.5) is 19.3 Å². The smallest absolute Gasteiger partial charge is 0.387 e. The first-order valence-electron chi connectivity index (χ1n) is 9.00. The van der Waals surface area contributed by atoms with Crippen molar-refractivity contribution >= 4 is 11.7 Å². The van der Waals surface area contributed by atoms with Gasteiger partial charge in [0, 0.05) is 12.6 Å². The fraction of sp³-hybridized carbons (Fsp3) is 0.632. The molecule has 1 aromatic carbocycles. The molecule has 6 heteroatoms. The molecule has 1 aliphatic heterocycles. The molecule has 0 radical (unpaired) electrons. The average Bonchev–Trinajstić information content (AvgIpc) is 2.75. The van der Waals surface area contributed by atoms with Crippen LogP contribution in [0.25, 0.3) is 0 Å². The lowest BCUT2D eigenvalue weighted by atomic mass is 9.99. The van der Waals surface area contributed by atoms with Crippen molar-refractivity contribution in [3.63, 3.8) is 0 Å². The minimum absolute atomic E-state index is 0.00131. The van der Waals surface area contributed by atoms with Crippen molar-refractivity contribution in [2.45, 2.75) is 65.5 Å². The number of likely N-dealkylation sites (tertiary alicyclic amines) is 1. The monoisotopic (exact) mass is 354 g/mol. The summed E-state index contributed by atoms with van der Waals surface area (Å²) in [4.78, 5) is 14.7. The molecule has 1 saturated heterocycles. The molecule has 1 unspecified atom stereocenters. The molecule has 0 saturated carbocycles. The van der Waals surface area contributed by atoms with Gasteiger partial charge < -0.3 is 15.0 Å². The predicted molar refractivity (Wildman–Crippen MR) is 95.2 cm³/mol. The molecule has 140 valence electrons. The van der Waals surface area contributed by atoms with Gasteiger partial charge >= 0.3 is 12.6 Å². The van der Waals surface area contributed by atoms with Crippen molar-refractivity contribution in [1.82, 2.24) is 4.90 Å². The Morgan fingerprint density at radius 2 is 2.08 bits per heavy atom. The van der Waals surface area contributed by atoms with E-state index in [-0.39, 0.29) is 17.8 Å². The van der Waals surface area contributed by atoms with Crippen LogP contribution in [-0.4, -0.2) is 30.1 Å². The minimum atomic E-state index is -2.93. The Morgan fingerprint density at radius 3 is 2.76 bits per heavy atom. The van der Waals surface area contributed by atoms with Gasteiger partial charge in [0.25, 0.3) is 0 Å². The van der Waals surface area contributed by atoms with E-state index in [2.05, 4.69) is 23.9 Å². The second-order valence-corrected chi connectivity index (χ2v) is 7.08. The summed E-state index contributed by atoms with van der Waals surface area (Å²) in [7, 11) is 0. The molecule has 0 aromatic heterocycles. The Hall–Kier alpha value is -1.85. The molecule has 1 fully saturated rings. The number of nitrogens with one attached hydrogen (secondary N) is 1. The molecule has 1 heterocycles. The summed E-state index contributed by atoms with van der Waals surface area (Å²) in [6, 6.07) is 4.80. The zero-order valence-corrected chi connectivity index (χ0v) is 15.2. The summed E-state index contributed by atoms with van der Waals surface area (Å²) in [5.74, 6) is 0.494. The van der Waals surface area contributed by atoms with Crippen LogP contribution in [0.3, 0.4) is 0 Å². The predicted octanol–water partition coefficient (Wildman–Crippen LogP) is 5.42. The summed E-state index contributed by atoms with van der Waals surface area (Å²) in [5.41, 5.74) is 1.02. The van der Waals surface area contributed by atoms with Crippen LogP contribution in [-0.2, 0) is 0 Å². The highest BCUT2D eigenvalue weighted by Gasteiger charge is 2.27. The maximum absolute atomic E-state index is 12.9. The van der Waals surface area contributed by atoms with Crippen LogP contribution in [0.1, 0.15) is 51.5 Å². The van der Waals surface area contributed by atoms with Crippen molar-refractivity contribution in [3.05, 3.63) is 23.8 Å². The van der Waals surface area contributed by atoms with E-state index in [0.29, 0.717) is 23.7 Å². The van der Waals surface area contributed by atoms with Crippen LogP contribution in [0.15, 0.2) is 18.2 Å². The van der Waals surface area contributed by atoms with E-state index in [1.807, 2.05) is 4.90 Å². The maximum atomic E-state index is 12.9. The first kappa shape index (κ1) is 19.5. The van der Waals surface area contributed by atoms with Crippen LogP contribution < -0.4 is 10.1 Å². The number of alkyl halides is 2. The lowest BCUT2D eigenvalue weighted by molar-refractivity contribution is -0.0493. The minimum Gasteiger partial charge on any atom is -0.433 e. The fourth-order valence-electron chi connectivity index (χ4n) is 3.41. The molecule has 1 atom stereocenters. The van der Waals surface area contributed by atoms with Crippen molar-refractivity contribution in [1.29, 1.82) is 0 Å². The lowest BCUT2D eigenvalue weighted by Gasteiger charge is -2.31. The van der Waals surface area contributed by atoms with Gasteiger partial charge in [0.15, 0.2) is 0 Å². The molecule has 0 spiro atoms. The van der Waals surface area contributed by atoms with E-state index < -0.39 is 6.61 Å². The zero-order chi connectivity index (χ0) is 18.4. The molecule has 1 aromatic rings. The Labute approximate surface area is 148 Å². The molecular weight excluding hydrogens is 326 g/mol. The number of rotatable bonds is 5. The van der Waals surface area contributed by atoms with E-state index in [1.54, 1.807) is 19.1 Å². The highest BCUT2D eigenvalue weighted by Crippen LogP contribution is 2.31. The number of carbonyl (C=O) groups is 1. The molecule has 25 heavy (non-hydrogen) atoms. The van der Waals surface area contributed by atoms with Gasteiger partial charge in [-0.15, -0.1) is 0 Å². The number of ether oxygens (including phenoxy) is 1. The molecule has 0 bridgehead atoms. The maximum Gasteiger partial charge on any atom is 0.387 e. The van der Waals surface area contributed by atoms with E-state index in [9.17, 15) is 13.6 Å². The van der Waals surface area contributed by atoms with Gasteiger partial charge in [-0.1, -0.05) is 38.8 Å². The normalized spacial score (nSPS) is 18.4. The van der Waals surface area contributed by atoms with Crippen LogP contribution >= 0.6 is 0 Å². The molecule has 1 aliphatic rings. The van der Waals surface area contributed by atoms with Gasteiger partial charge in [0.2, 0.25) is 0 Å². The van der Waals surface area contributed by atoms with E-state index in [4.69, 9.17) is 0 Å². The van der Waals surface area contributed by atoms with Crippen molar-refractivity contribution in [3.8, 4) is 5.75 Å². The second-order valence-electron chi connectivity index (χ2n) is 7.08. The van der Waals surface area contributed by atoms with Gasteiger partial charge in [0.05, 0.1) is 5.69 Å². The number of aryl methyl sites for hydroxylation is 1. The van der Waals surface area contributed by atoms with Gasteiger partial charge in [-0.25, -0.2) is 4.79 Å². The van der Waals surface area contributed by atoms with Gasteiger partial charge in [-0.05, 0) is 43.7 Å². The van der Waals surface area contributed by atoms with Crippen LogP contribution in [0.2, 0.25) is 0 Å². The van der Waals surface area contributed by atoms with Crippen molar-refractivity contribution in [2.75, 3.05) is 11.9 Å². The van der Waals surface area contributed by atoms with E-state index >= 15 is 0 Å². The summed E-state index contributed by atoms with van der Waals surface area (Å²) >= 11 is 0. The van der Waals surface area contributed by atoms with E-state index in [1.165, 1.54) is 6.07 Å². The number of benzene rings is 1. The SMILES string of the molecule is Cc1cccc(OC(F)F)c1NC(=O)N1CCCCCC1CC(C)C. The average molecular weight is 354 g/mol. The standard InChI is InChI=1S/C19H28F2N2O2/c1-13(2)12-15-9-5-4-6-11-23(15)19(24)22-17-14(3)8-7-10-16(17)25-18(20)21/h7-8,10,13,15,18H,4-6,9,11-12H2,1-3H3,(H,22,24). The van der Waals surface area contributed by atoms with E-state index in [0.717, 1.165) is 32.1 Å². The first-order chi connectivity index (χ1) is 11.9. The second kappa shape index (κ2) is 9.02. The lowest BCUT2D eigenvalue weighted by Crippen LogP contribution is -2.43. The number of hydrogen-bond acceptors (Lipinski definition) is 2. The fourth-order valence-corrected chi connectivity index (χ4v) is 3.41. The Morgan fingerprint density at radius 1 is 1.32 bits per heavy atom. The topological polar surface area (TPSA) is 41.6 Å². The highest BCUT2D eigenvalue weighted by atomic mass is 19.3. The number of urea groups is 1. The largest absolute Gasteiger partial charge is 0.433 e. The third-order valence-electron chi connectivity index (χ3n) is 4.56. The summed E-state index contributed by atoms with van der Waals surface area (Å²) < 4.78 is 29.8. The molecule has 1 N–H and O–H groups in total. The Bertz CT molecular complexity index is 579. The number of nitrogens with zero attached hydrogens (tertiary/aromatic N) is 1. The van der Waals surface area contributed by atoms with Crippen molar-refractivity contribution in [2.24, 2.45) is 5.92 Å². The third-order valence-corrected chi connectivity index (χ3v) is 4.56. The molecule has 4 nitrogen and oxygen atoms in total. The number of carbonyl (C=O) groups excluding carboxylic acids is 1. The van der Waals surface area contributed by atoms with Crippen molar-refractivity contribution < 1.29 is 18.3 Å². The van der Waals surface area contributed by atoms with Gasteiger partial charge in [-0.2, -0.15) is 8.78 Å². The number of para-hydroxylation sites is 1. The number of anilines is 1. The zero-order valence-electron chi connectivity index (χ0n) is 15.2. The summed E-state index contributed by atoms with van der Waals surface area (Å²) in [6.07, 6.45) is 5.13. The quantitative estimate of drug-likeness (QED) is 0.767. The molecule has 0 aliphatic carbocycles. The van der Waals surface area contributed by atoms with Gasteiger partial charge in [-0.3, -0.25) is 0 Å². The number of hydrogen-bond donors (Lipinski definition) is 1. The highest BCUT2D eigenvalue weighted by molar-refractivity contribution is 5.92. The van der Waals surface area contributed by atoms with Crippen LogP contribution in [0, 0.1) is 12.8 Å². The number of amides is 2. The van der Waals surface area contributed by atoms with Crippen LogP contribution in [0.5, 0.6) is 5.75 Å².